The molecule has 0 saturated carbocycles. The molecule has 0 bridgehead atoms. The van der Waals surface area contributed by atoms with Gasteiger partial charge >= 0.3 is 12.3 Å². The van der Waals surface area contributed by atoms with Gasteiger partial charge in [0.15, 0.2) is 13.0 Å². The molecule has 5 heterocycles. The van der Waals surface area contributed by atoms with E-state index in [1.807, 2.05) is 6.20 Å². The molecule has 16 heteroatoms. The number of hydrogen-bond donors (Lipinski definition) is 7. The van der Waals surface area contributed by atoms with Crippen LogP contribution in [0.4, 0.5) is 0 Å². The summed E-state index contributed by atoms with van der Waals surface area (Å²) < 4.78 is 23.8. The number of nitrogens with zero attached hydrogens (tertiary/aromatic N) is 2. The van der Waals surface area contributed by atoms with Crippen molar-refractivity contribution < 1.29 is 53.3 Å². The normalized spacial score (nSPS) is 25.1. The number of guanidine groups is 1. The number of benzene rings is 1. The Labute approximate surface area is 295 Å². The second-order valence-corrected chi connectivity index (χ2v) is 13.1. The molecule has 272 valence electrons. The lowest BCUT2D eigenvalue weighted by atomic mass is 9.86. The van der Waals surface area contributed by atoms with Gasteiger partial charge in [-0.1, -0.05) is 32.6 Å². The van der Waals surface area contributed by atoms with E-state index in [2.05, 4.69) is 27.5 Å². The Morgan fingerprint density at radius 1 is 1.25 bits per heavy atom. The number of amides is 1. The number of quaternary nitrogens is 2. The molecule has 6 rings (SSSR count). The van der Waals surface area contributed by atoms with Crippen molar-refractivity contribution in [3.63, 3.8) is 0 Å². The highest BCUT2D eigenvalue weighted by Crippen LogP contribution is 2.54. The number of carbonyl (C=O) groups is 3. The number of fused-ring (bicyclic) bond motifs is 3. The molecule has 16 nitrogen and oxygen atoms in total. The van der Waals surface area contributed by atoms with Crippen LogP contribution in [0.1, 0.15) is 69.6 Å². The topological polar surface area (TPSA) is 210 Å². The fraction of sp³-hybridized carbons (Fsp3) is 0.486. The van der Waals surface area contributed by atoms with Gasteiger partial charge in [-0.05, 0) is 26.3 Å². The molecule has 1 amide bonds. The van der Waals surface area contributed by atoms with Crippen molar-refractivity contribution in [3.05, 3.63) is 46.5 Å². The van der Waals surface area contributed by atoms with Gasteiger partial charge in [-0.15, -0.1) is 0 Å². The van der Waals surface area contributed by atoms with E-state index in [4.69, 9.17) is 24.4 Å². The van der Waals surface area contributed by atoms with Crippen LogP contribution in [-0.4, -0.2) is 90.8 Å². The molecule has 0 fully saturated rings. The number of aldehydes is 1. The Bertz CT molecular complexity index is 1800. The Morgan fingerprint density at radius 3 is 2.76 bits per heavy atom. The second-order valence-electron chi connectivity index (χ2n) is 13.1. The summed E-state index contributed by atoms with van der Waals surface area (Å²) in [4.78, 5) is 48.7. The zero-order valence-electron chi connectivity index (χ0n) is 29.2. The number of rotatable bonds is 14. The fourth-order valence-electron chi connectivity index (χ4n) is 7.21. The van der Waals surface area contributed by atoms with Gasteiger partial charge < -0.3 is 29.2 Å². The summed E-state index contributed by atoms with van der Waals surface area (Å²) in [5, 5.41) is 35.9. The number of nitrogens with one attached hydrogen (secondary N) is 5. The zero-order chi connectivity index (χ0) is 36.4. The molecule has 0 aliphatic carbocycles. The molecular weight excluding hydrogens is 662 g/mol. The third-order valence-electron chi connectivity index (χ3n) is 9.81. The molecule has 51 heavy (non-hydrogen) atoms. The van der Waals surface area contributed by atoms with Gasteiger partial charge in [-0.3, -0.25) is 25.6 Å². The van der Waals surface area contributed by atoms with E-state index in [0.29, 0.717) is 46.7 Å². The van der Waals surface area contributed by atoms with E-state index in [1.165, 1.54) is 7.11 Å². The van der Waals surface area contributed by atoms with Crippen LogP contribution < -0.4 is 34.6 Å². The summed E-state index contributed by atoms with van der Waals surface area (Å²) in [7, 11) is 1.48. The van der Waals surface area contributed by atoms with Gasteiger partial charge in [-0.25, -0.2) is 14.7 Å². The van der Waals surface area contributed by atoms with Crippen LogP contribution in [-0.2, 0) is 32.1 Å². The predicted molar refractivity (Wildman–Crippen MR) is 183 cm³/mol. The average molecular weight is 708 g/mol. The molecule has 1 aromatic carbocycles. The van der Waals surface area contributed by atoms with E-state index in [1.54, 1.807) is 26.1 Å². The van der Waals surface area contributed by atoms with Crippen LogP contribution in [0, 0.1) is 5.41 Å². The standard InChI is InChI=1S/C35H43N7O9/c1-5-7-8-9-11-35(3,47)23-15-20-26(50-23)22(17-44)28-24(27(20)48-4)19(21(16-43)29(51-28)32(46)49-6-2)10-13-41-14-12-37-34(41)42-18-38-25-30(42)39-33(36)40-31(25)45/h10,12,14,16,23,34,37,44,47H,5-9,11,13,15,17-18H2,1-4H3,(H2,36,40,45)/p+2/t23-,34?,35-/m0/s1. The maximum absolute atomic E-state index is 13.3. The molecule has 0 saturated heterocycles. The first-order valence-electron chi connectivity index (χ1n) is 17.3. The van der Waals surface area contributed by atoms with Crippen LogP contribution in [0.25, 0.3) is 5.57 Å². The van der Waals surface area contributed by atoms with E-state index in [9.17, 15) is 24.6 Å². The molecule has 3 unspecified atom stereocenters. The van der Waals surface area contributed by atoms with Gasteiger partial charge in [0, 0.05) is 17.6 Å². The van der Waals surface area contributed by atoms with Crippen molar-refractivity contribution in [3.8, 4) is 17.2 Å². The largest absolute Gasteiger partial charge is 0.496 e. The van der Waals surface area contributed by atoms with E-state index < -0.39 is 36.5 Å². The average Bonchev–Trinajstić information content (AvgIpc) is 3.86. The predicted octanol–water partition coefficient (Wildman–Crippen LogP) is -0.993. The molecule has 5 aliphatic rings. The van der Waals surface area contributed by atoms with Crippen molar-refractivity contribution in [2.45, 2.75) is 83.9 Å². The highest BCUT2D eigenvalue weighted by atomic mass is 16.6. The Hall–Kier alpha value is -4.90. The van der Waals surface area contributed by atoms with Gasteiger partial charge in [0.2, 0.25) is 17.4 Å². The van der Waals surface area contributed by atoms with Crippen LogP contribution in [0.5, 0.6) is 17.2 Å². The quantitative estimate of drug-likeness (QED) is 0.0713. The number of aliphatic hydroxyl groups is 2. The van der Waals surface area contributed by atoms with Crippen molar-refractivity contribution >= 4 is 41.2 Å². The molecule has 0 aromatic heterocycles. The maximum Gasteiger partial charge on any atom is 0.375 e. The van der Waals surface area contributed by atoms with Crippen molar-refractivity contribution in [2.75, 3.05) is 26.9 Å². The number of aliphatic imine (C=N–C) groups is 2. The van der Waals surface area contributed by atoms with E-state index >= 15 is 0 Å². The SMILES string of the molecule is CCCCCC[C@](C)(O)[C@@H]1Cc2c(c(CO)c3c(c2OC)C(=CC[NH+]2C=CNC2[NH+]2CN=C4C(=O)NC(=N)N=C42)C(C=O)=C(C(=O)OCC)O3)O1. The zero-order valence-corrected chi connectivity index (χ0v) is 29.2. The second kappa shape index (κ2) is 14.8. The maximum atomic E-state index is 13.3. The third-order valence-corrected chi connectivity index (χ3v) is 9.81. The lowest BCUT2D eigenvalue weighted by molar-refractivity contribution is -1.05. The Morgan fingerprint density at radius 2 is 2.06 bits per heavy atom. The van der Waals surface area contributed by atoms with Gasteiger partial charge in [-0.2, -0.15) is 9.89 Å². The summed E-state index contributed by atoms with van der Waals surface area (Å²) in [6.45, 7) is 5.47. The molecule has 1 aromatic rings. The number of unbranched alkanes of at least 4 members (excludes halogenated alkanes) is 3. The molecule has 7 N–H and O–H groups in total. The lowest BCUT2D eigenvalue weighted by Gasteiger charge is -2.30. The molecule has 5 atom stereocenters. The van der Waals surface area contributed by atoms with Crippen molar-refractivity contribution in [1.82, 2.24) is 10.6 Å². The minimum absolute atomic E-state index is 0.0281. The molecule has 0 spiro atoms. The first-order chi connectivity index (χ1) is 24.6. The summed E-state index contributed by atoms with van der Waals surface area (Å²) in [5.74, 6) is -0.873. The summed E-state index contributed by atoms with van der Waals surface area (Å²) in [6.07, 6.45) is 9.61. The van der Waals surface area contributed by atoms with Crippen LogP contribution in [0.3, 0.4) is 0 Å². The highest BCUT2D eigenvalue weighted by molar-refractivity contribution is 6.68. The van der Waals surface area contributed by atoms with Crippen LogP contribution in [0.2, 0.25) is 0 Å². The van der Waals surface area contributed by atoms with Gasteiger partial charge in [0.05, 0.1) is 48.8 Å². The first kappa shape index (κ1) is 35.9. The lowest BCUT2D eigenvalue weighted by Crippen LogP contribution is -3.36. The summed E-state index contributed by atoms with van der Waals surface area (Å²) in [5.41, 5.74) is 0.459. The number of aliphatic hydroxyl groups excluding tert-OH is 1. The minimum atomic E-state index is -1.19. The first-order valence-corrected chi connectivity index (χ1v) is 17.3. The minimum Gasteiger partial charge on any atom is -0.496 e. The Balaban J connectivity index is 1.41. The summed E-state index contributed by atoms with van der Waals surface area (Å²) in [6, 6.07) is 0. The molecule has 5 aliphatic heterocycles. The number of esters is 1. The molecule has 0 radical (unpaired) electrons. The summed E-state index contributed by atoms with van der Waals surface area (Å²) >= 11 is 0. The fourth-order valence-corrected chi connectivity index (χ4v) is 7.21. The van der Waals surface area contributed by atoms with Crippen LogP contribution in [0.15, 0.2) is 39.8 Å². The van der Waals surface area contributed by atoms with E-state index in [-0.39, 0.29) is 60.6 Å². The smallest absolute Gasteiger partial charge is 0.375 e. The number of hydrogen-bond acceptors (Lipinski definition) is 12. The molecular formula is C35H45N7O9+2. The van der Waals surface area contributed by atoms with Gasteiger partial charge in [0.1, 0.15) is 36.1 Å². The number of amidine groups is 1. The number of ether oxygens (including phenoxy) is 4. The Kier molecular flexibility index (Phi) is 10.4. The van der Waals surface area contributed by atoms with Crippen molar-refractivity contribution in [2.24, 2.45) is 9.98 Å². The van der Waals surface area contributed by atoms with Gasteiger partial charge in [0.25, 0.3) is 11.7 Å². The third kappa shape index (κ3) is 6.55. The number of allylic oxidation sites excluding steroid dienone is 2. The number of carbonyl (C=O) groups excluding carboxylic acids is 3. The monoisotopic (exact) mass is 707 g/mol. The van der Waals surface area contributed by atoms with Crippen molar-refractivity contribution in [1.29, 1.82) is 5.41 Å². The van der Waals surface area contributed by atoms with E-state index in [0.717, 1.165) is 35.5 Å². The highest BCUT2D eigenvalue weighted by Gasteiger charge is 2.47. The number of methoxy groups -OCH3 is 1. The van der Waals surface area contributed by atoms with Crippen LogP contribution >= 0.6 is 0 Å².